The Morgan fingerprint density at radius 1 is 1.16 bits per heavy atom. The average Bonchev–Trinajstić information content (AvgIpc) is 2.95. The number of aromatic nitrogens is 2. The van der Waals surface area contributed by atoms with Crippen molar-refractivity contribution in [3.8, 4) is 0 Å². The number of rotatable bonds is 6. The van der Waals surface area contributed by atoms with Gasteiger partial charge in [-0.25, -0.2) is 4.98 Å². The van der Waals surface area contributed by atoms with Crippen LogP contribution >= 0.6 is 0 Å². The van der Waals surface area contributed by atoms with E-state index in [1.54, 1.807) is 0 Å². The Kier molecular flexibility index (Phi) is 3.81. The first-order valence-electron chi connectivity index (χ1n) is 7.38. The maximum absolute atomic E-state index is 12.0. The van der Waals surface area contributed by atoms with Crippen LogP contribution in [0.25, 0.3) is 11.0 Å². The molecule has 0 amide bonds. The topological polar surface area (TPSA) is 17.8 Å². The van der Waals surface area contributed by atoms with E-state index in [0.717, 1.165) is 37.2 Å². The van der Waals surface area contributed by atoms with Gasteiger partial charge in [0.2, 0.25) is 0 Å². The smallest absolute Gasteiger partial charge is 0.110 e. The Morgan fingerprint density at radius 3 is 2.89 bits per heavy atom. The summed E-state index contributed by atoms with van der Waals surface area (Å²) in [6.07, 6.45) is 6.53. The van der Waals surface area contributed by atoms with Gasteiger partial charge in [0.25, 0.3) is 0 Å². The first kappa shape index (κ1) is 12.6. The van der Waals surface area contributed by atoms with Crippen LogP contribution in [0.2, 0.25) is 0 Å². The molecule has 3 heteroatoms. The highest BCUT2D eigenvalue weighted by molar-refractivity contribution is 5.76. The predicted molar refractivity (Wildman–Crippen MR) is 76.0 cm³/mol. The van der Waals surface area contributed by atoms with Gasteiger partial charge in [-0.15, -0.1) is 0 Å². The molecule has 1 atom stereocenters. The Hall–Kier alpha value is -1.38. The van der Waals surface area contributed by atoms with Gasteiger partial charge in [-0.1, -0.05) is 31.4 Å². The van der Waals surface area contributed by atoms with Crippen LogP contribution in [0.3, 0.4) is 0 Å². The molecule has 0 radical (unpaired) electrons. The van der Waals surface area contributed by atoms with Gasteiger partial charge in [-0.2, -0.15) is 0 Å². The first-order chi connectivity index (χ1) is 9.38. The molecule has 0 saturated heterocycles. The van der Waals surface area contributed by atoms with Crippen LogP contribution in [0, 0.1) is 5.92 Å². The summed E-state index contributed by atoms with van der Waals surface area (Å²) < 4.78 is 14.4. The number of hydrogen-bond donors (Lipinski definition) is 0. The van der Waals surface area contributed by atoms with E-state index >= 15 is 0 Å². The molecule has 0 spiro atoms. The zero-order chi connectivity index (χ0) is 13.1. The molecule has 0 saturated carbocycles. The fourth-order valence-corrected chi connectivity index (χ4v) is 3.14. The van der Waals surface area contributed by atoms with Crippen LogP contribution in [-0.4, -0.2) is 16.2 Å². The van der Waals surface area contributed by atoms with E-state index in [-0.39, 0.29) is 6.67 Å². The van der Waals surface area contributed by atoms with E-state index in [1.807, 2.05) is 6.07 Å². The van der Waals surface area contributed by atoms with Gasteiger partial charge in [-0.3, -0.25) is 4.39 Å². The van der Waals surface area contributed by atoms with Crippen LogP contribution in [0.5, 0.6) is 0 Å². The van der Waals surface area contributed by atoms with Crippen molar-refractivity contribution in [1.29, 1.82) is 0 Å². The second-order valence-electron chi connectivity index (χ2n) is 5.59. The van der Waals surface area contributed by atoms with Gasteiger partial charge < -0.3 is 4.57 Å². The predicted octanol–water partition coefficient (Wildman–Crippen LogP) is 4.13. The lowest BCUT2D eigenvalue weighted by Gasteiger charge is -2.08. The molecule has 1 aliphatic rings. The van der Waals surface area contributed by atoms with E-state index in [0.29, 0.717) is 0 Å². The summed E-state index contributed by atoms with van der Waals surface area (Å²) in [5.74, 6) is 1.98. The van der Waals surface area contributed by atoms with Crippen molar-refractivity contribution in [2.24, 2.45) is 5.92 Å². The van der Waals surface area contributed by atoms with Crippen molar-refractivity contribution in [2.75, 3.05) is 6.67 Å². The van der Waals surface area contributed by atoms with E-state index in [1.165, 1.54) is 30.6 Å². The van der Waals surface area contributed by atoms with Crippen LogP contribution < -0.4 is 0 Å². The van der Waals surface area contributed by atoms with Crippen molar-refractivity contribution >= 4 is 11.0 Å². The summed E-state index contributed by atoms with van der Waals surface area (Å²) in [6, 6.07) is 8.39. The molecule has 0 bridgehead atoms. The standard InChI is InChI=1S/C16H21FN2/c17-10-6-2-1-3-7-13-11-16-18-14-8-4-5-9-15(14)19(16)12-13/h4-5,8-9,13H,1-3,6-7,10-12H2. The van der Waals surface area contributed by atoms with Crippen molar-refractivity contribution in [3.05, 3.63) is 30.1 Å². The maximum atomic E-state index is 12.0. The van der Waals surface area contributed by atoms with Crippen molar-refractivity contribution in [2.45, 2.75) is 45.1 Å². The van der Waals surface area contributed by atoms with Crippen LogP contribution in [0.4, 0.5) is 4.39 Å². The monoisotopic (exact) mass is 260 g/mol. The molecule has 0 aliphatic carbocycles. The molecule has 0 N–H and O–H groups in total. The Balaban J connectivity index is 1.56. The van der Waals surface area contributed by atoms with Gasteiger partial charge in [-0.05, 0) is 30.9 Å². The van der Waals surface area contributed by atoms with Crippen molar-refractivity contribution < 1.29 is 4.39 Å². The molecule has 19 heavy (non-hydrogen) atoms. The minimum Gasteiger partial charge on any atom is -0.328 e. The fourth-order valence-electron chi connectivity index (χ4n) is 3.14. The molecule has 2 nitrogen and oxygen atoms in total. The van der Waals surface area contributed by atoms with Crippen molar-refractivity contribution in [1.82, 2.24) is 9.55 Å². The summed E-state index contributed by atoms with van der Waals surface area (Å²) in [4.78, 5) is 4.71. The number of para-hydroxylation sites is 2. The number of alkyl halides is 1. The molecular weight excluding hydrogens is 239 g/mol. The largest absolute Gasteiger partial charge is 0.328 e. The highest BCUT2D eigenvalue weighted by Crippen LogP contribution is 2.29. The molecule has 1 unspecified atom stereocenters. The quantitative estimate of drug-likeness (QED) is 0.714. The van der Waals surface area contributed by atoms with Gasteiger partial charge in [0.05, 0.1) is 17.7 Å². The van der Waals surface area contributed by atoms with E-state index in [4.69, 9.17) is 4.98 Å². The molecule has 102 valence electrons. The number of halogens is 1. The van der Waals surface area contributed by atoms with E-state index < -0.39 is 0 Å². The van der Waals surface area contributed by atoms with Gasteiger partial charge in [0.1, 0.15) is 5.82 Å². The minimum atomic E-state index is -0.162. The molecule has 0 fully saturated rings. The van der Waals surface area contributed by atoms with Gasteiger partial charge in [0.15, 0.2) is 0 Å². The highest BCUT2D eigenvalue weighted by Gasteiger charge is 2.24. The molecule has 1 aromatic heterocycles. The SMILES string of the molecule is FCCCCCCC1Cc2nc3ccccc3n2C1. The average molecular weight is 260 g/mol. The summed E-state index contributed by atoms with van der Waals surface area (Å²) in [6.45, 7) is 0.948. The number of unbranched alkanes of at least 4 members (excludes halogenated alkanes) is 3. The van der Waals surface area contributed by atoms with Gasteiger partial charge in [0, 0.05) is 13.0 Å². The zero-order valence-electron chi connectivity index (χ0n) is 11.3. The number of nitrogens with zero attached hydrogens (tertiary/aromatic N) is 2. The molecule has 1 aliphatic heterocycles. The van der Waals surface area contributed by atoms with E-state index in [2.05, 4.69) is 22.8 Å². The Bertz CT molecular complexity index is 547. The third kappa shape index (κ3) is 2.65. The van der Waals surface area contributed by atoms with Crippen LogP contribution in [0.15, 0.2) is 24.3 Å². The Labute approximate surface area is 113 Å². The van der Waals surface area contributed by atoms with E-state index in [9.17, 15) is 4.39 Å². The summed E-state index contributed by atoms with van der Waals surface area (Å²) in [7, 11) is 0. The molecule has 3 rings (SSSR count). The van der Waals surface area contributed by atoms with Crippen molar-refractivity contribution in [3.63, 3.8) is 0 Å². The second kappa shape index (κ2) is 5.72. The third-order valence-electron chi connectivity index (χ3n) is 4.14. The molecule has 2 heterocycles. The molecule has 1 aromatic carbocycles. The van der Waals surface area contributed by atoms with Crippen LogP contribution in [0.1, 0.15) is 37.9 Å². The fraction of sp³-hybridized carbons (Fsp3) is 0.562. The lowest BCUT2D eigenvalue weighted by Crippen LogP contribution is -2.02. The van der Waals surface area contributed by atoms with Crippen LogP contribution in [-0.2, 0) is 13.0 Å². The summed E-state index contributed by atoms with van der Waals surface area (Å²) in [5.41, 5.74) is 2.40. The Morgan fingerprint density at radius 2 is 2.00 bits per heavy atom. The first-order valence-corrected chi connectivity index (χ1v) is 7.38. The molecular formula is C16H21FN2. The normalized spacial score (nSPS) is 18.1. The number of hydrogen-bond acceptors (Lipinski definition) is 1. The highest BCUT2D eigenvalue weighted by atomic mass is 19.1. The zero-order valence-corrected chi connectivity index (χ0v) is 11.3. The molecule has 2 aromatic rings. The maximum Gasteiger partial charge on any atom is 0.110 e. The number of imidazole rings is 1. The lowest BCUT2D eigenvalue weighted by atomic mass is 9.99. The number of benzene rings is 1. The summed E-state index contributed by atoms with van der Waals surface area (Å²) in [5, 5.41) is 0. The lowest BCUT2D eigenvalue weighted by molar-refractivity contribution is 0.423. The minimum absolute atomic E-state index is 0.162. The second-order valence-corrected chi connectivity index (χ2v) is 5.59. The van der Waals surface area contributed by atoms with Gasteiger partial charge >= 0.3 is 0 Å². The third-order valence-corrected chi connectivity index (χ3v) is 4.14. The number of fused-ring (bicyclic) bond motifs is 3. The summed E-state index contributed by atoms with van der Waals surface area (Å²) >= 11 is 0.